The van der Waals surface area contributed by atoms with Crippen LogP contribution in [-0.2, 0) is 19.1 Å². The van der Waals surface area contributed by atoms with Crippen LogP contribution < -0.4 is 0 Å². The number of allylic oxidation sites excluding steroid dienone is 1. The summed E-state index contributed by atoms with van der Waals surface area (Å²) in [6.45, 7) is 2.31. The predicted molar refractivity (Wildman–Crippen MR) is 111 cm³/mol. The highest BCUT2D eigenvalue weighted by molar-refractivity contribution is 5.72. The fourth-order valence-electron chi connectivity index (χ4n) is 7.74. The zero-order chi connectivity index (χ0) is 20.5. The number of ether oxygens (including phenoxy) is 1. The normalized spacial score (nSPS) is 41.2. The molecule has 0 saturated heterocycles. The van der Waals surface area contributed by atoms with Crippen molar-refractivity contribution < 1.29 is 19.1 Å². The second-order valence-electron chi connectivity index (χ2n) is 10.1. The lowest BCUT2D eigenvalue weighted by atomic mass is 9.52. The number of hydrogen-bond donors (Lipinski definition) is 0. The van der Waals surface area contributed by atoms with Crippen molar-refractivity contribution in [2.24, 2.45) is 28.6 Å². The van der Waals surface area contributed by atoms with Crippen molar-refractivity contribution >= 4 is 18.5 Å². The first-order valence-corrected chi connectivity index (χ1v) is 11.8. The van der Waals surface area contributed by atoms with Gasteiger partial charge in [0, 0.05) is 18.8 Å². The zero-order valence-corrected chi connectivity index (χ0v) is 17.9. The van der Waals surface area contributed by atoms with Crippen molar-refractivity contribution in [2.45, 2.75) is 96.5 Å². The lowest BCUT2D eigenvalue weighted by molar-refractivity contribution is -0.151. The molecule has 29 heavy (non-hydrogen) atoms. The molecule has 6 atom stereocenters. The van der Waals surface area contributed by atoms with E-state index in [0.717, 1.165) is 44.8 Å². The molecule has 0 radical (unpaired) electrons. The van der Waals surface area contributed by atoms with Crippen molar-refractivity contribution in [1.82, 2.24) is 0 Å². The van der Waals surface area contributed by atoms with Crippen LogP contribution in [0.4, 0.5) is 0 Å². The van der Waals surface area contributed by atoms with Crippen molar-refractivity contribution in [2.75, 3.05) is 0 Å². The Morgan fingerprint density at radius 1 is 1.21 bits per heavy atom. The van der Waals surface area contributed by atoms with Crippen LogP contribution in [0.2, 0.25) is 0 Å². The lowest BCUT2D eigenvalue weighted by Gasteiger charge is -2.53. The lowest BCUT2D eigenvalue weighted by Crippen LogP contribution is -2.45. The van der Waals surface area contributed by atoms with Gasteiger partial charge in [-0.1, -0.05) is 25.0 Å². The molecule has 4 heteroatoms. The Balaban J connectivity index is 1.50. The summed E-state index contributed by atoms with van der Waals surface area (Å²) < 4.78 is 5.69. The standard InChI is InChI=1S/C25H36O4/c1-2-25-12-4-11-24-13-10-21(29-23(28)5-3-14-26)15-19(24)7-6-18(16-24)22(25)9-8-20(25)17-27/h7,14,17-18,20-22H,2-6,8-13,15-16H2,1H3. The van der Waals surface area contributed by atoms with E-state index < -0.39 is 0 Å². The summed E-state index contributed by atoms with van der Waals surface area (Å²) in [4.78, 5) is 34.3. The molecule has 4 aliphatic carbocycles. The Bertz CT molecular complexity index is 682. The Kier molecular flexibility index (Phi) is 5.99. The van der Waals surface area contributed by atoms with E-state index in [1.54, 1.807) is 0 Å². The van der Waals surface area contributed by atoms with E-state index in [4.69, 9.17) is 4.74 Å². The molecule has 3 saturated carbocycles. The Hall–Kier alpha value is -1.45. The Morgan fingerprint density at radius 3 is 2.83 bits per heavy atom. The first kappa shape index (κ1) is 20.8. The van der Waals surface area contributed by atoms with Gasteiger partial charge in [0.15, 0.2) is 0 Å². The SMILES string of the molecule is CCC12CCCC34CCC(OC(=O)CCC=O)CC3=CCC(C4)C1CCC2C=O. The van der Waals surface area contributed by atoms with Gasteiger partial charge in [-0.05, 0) is 80.5 Å². The summed E-state index contributed by atoms with van der Waals surface area (Å²) in [6.07, 6.45) is 17.4. The summed E-state index contributed by atoms with van der Waals surface area (Å²) in [5, 5.41) is 0. The minimum Gasteiger partial charge on any atom is -0.462 e. The van der Waals surface area contributed by atoms with E-state index >= 15 is 0 Å². The third-order valence-electron chi connectivity index (χ3n) is 9.11. The van der Waals surface area contributed by atoms with Crippen LogP contribution in [0.15, 0.2) is 11.6 Å². The van der Waals surface area contributed by atoms with E-state index in [9.17, 15) is 14.4 Å². The van der Waals surface area contributed by atoms with Crippen LogP contribution in [0.1, 0.15) is 90.4 Å². The first-order valence-electron chi connectivity index (χ1n) is 11.8. The number of carbonyl (C=O) groups is 3. The molecule has 0 aromatic carbocycles. The summed E-state index contributed by atoms with van der Waals surface area (Å²) in [7, 11) is 0. The molecule has 3 fully saturated rings. The summed E-state index contributed by atoms with van der Waals surface area (Å²) in [6, 6.07) is 0. The minimum atomic E-state index is -0.233. The second-order valence-corrected chi connectivity index (χ2v) is 10.1. The quantitative estimate of drug-likeness (QED) is 0.350. The number of carbonyl (C=O) groups excluding carboxylic acids is 3. The van der Waals surface area contributed by atoms with Crippen molar-refractivity contribution in [3.63, 3.8) is 0 Å². The Labute approximate surface area is 174 Å². The number of aldehydes is 2. The van der Waals surface area contributed by atoms with Gasteiger partial charge in [-0.3, -0.25) is 4.79 Å². The maximum Gasteiger partial charge on any atom is 0.306 e. The topological polar surface area (TPSA) is 60.4 Å². The van der Waals surface area contributed by atoms with Crippen LogP contribution in [0, 0.1) is 28.6 Å². The summed E-state index contributed by atoms with van der Waals surface area (Å²) in [5.74, 6) is 1.43. The van der Waals surface area contributed by atoms with E-state index in [1.807, 2.05) is 0 Å². The average Bonchev–Trinajstić information content (AvgIpc) is 3.09. The van der Waals surface area contributed by atoms with Crippen molar-refractivity contribution in [3.05, 3.63) is 11.6 Å². The number of rotatable bonds is 6. The summed E-state index contributed by atoms with van der Waals surface area (Å²) >= 11 is 0. The second kappa shape index (κ2) is 8.35. The molecule has 4 rings (SSSR count). The van der Waals surface area contributed by atoms with Gasteiger partial charge in [-0.2, -0.15) is 0 Å². The highest BCUT2D eigenvalue weighted by Crippen LogP contribution is 2.63. The first-order chi connectivity index (χ1) is 14.1. The number of esters is 1. The predicted octanol–water partition coefficient (Wildman–Crippen LogP) is 5.19. The smallest absolute Gasteiger partial charge is 0.306 e. The summed E-state index contributed by atoms with van der Waals surface area (Å²) in [5.41, 5.74) is 2.07. The third kappa shape index (κ3) is 3.61. The number of hydrogen-bond acceptors (Lipinski definition) is 4. The van der Waals surface area contributed by atoms with Gasteiger partial charge in [0.2, 0.25) is 0 Å². The van der Waals surface area contributed by atoms with Crippen molar-refractivity contribution in [1.29, 1.82) is 0 Å². The molecule has 0 amide bonds. The van der Waals surface area contributed by atoms with Gasteiger partial charge in [-0.15, -0.1) is 0 Å². The van der Waals surface area contributed by atoms with Gasteiger partial charge in [0.05, 0.1) is 6.42 Å². The fraction of sp³-hybridized carbons (Fsp3) is 0.800. The van der Waals surface area contributed by atoms with Crippen LogP contribution >= 0.6 is 0 Å². The molecule has 4 aliphatic rings. The molecule has 6 unspecified atom stereocenters. The molecule has 4 nitrogen and oxygen atoms in total. The minimum absolute atomic E-state index is 0.0197. The largest absolute Gasteiger partial charge is 0.462 e. The number of fused-ring (bicyclic) bond motifs is 3. The maximum atomic E-state index is 12.0. The molecule has 0 aliphatic heterocycles. The van der Waals surface area contributed by atoms with E-state index in [0.29, 0.717) is 17.3 Å². The van der Waals surface area contributed by atoms with Gasteiger partial charge in [-0.25, -0.2) is 0 Å². The van der Waals surface area contributed by atoms with Gasteiger partial charge >= 0.3 is 5.97 Å². The third-order valence-corrected chi connectivity index (χ3v) is 9.11. The monoisotopic (exact) mass is 400 g/mol. The van der Waals surface area contributed by atoms with E-state index in [1.165, 1.54) is 44.0 Å². The molecule has 0 aromatic heterocycles. The van der Waals surface area contributed by atoms with Crippen LogP contribution in [0.25, 0.3) is 0 Å². The van der Waals surface area contributed by atoms with Crippen molar-refractivity contribution in [3.8, 4) is 0 Å². The molecular weight excluding hydrogens is 364 g/mol. The van der Waals surface area contributed by atoms with Gasteiger partial charge < -0.3 is 14.3 Å². The van der Waals surface area contributed by atoms with Gasteiger partial charge in [0.25, 0.3) is 0 Å². The molecule has 2 bridgehead atoms. The fourth-order valence-corrected chi connectivity index (χ4v) is 7.74. The molecule has 0 N–H and O–H groups in total. The molecule has 0 heterocycles. The molecule has 0 aromatic rings. The highest BCUT2D eigenvalue weighted by Gasteiger charge is 2.55. The van der Waals surface area contributed by atoms with Crippen LogP contribution in [-0.4, -0.2) is 24.6 Å². The van der Waals surface area contributed by atoms with Crippen LogP contribution in [0.3, 0.4) is 0 Å². The molecular formula is C25H36O4. The zero-order valence-electron chi connectivity index (χ0n) is 17.9. The Morgan fingerprint density at radius 2 is 2.07 bits per heavy atom. The molecule has 160 valence electrons. The van der Waals surface area contributed by atoms with Gasteiger partial charge in [0.1, 0.15) is 18.7 Å². The maximum absolute atomic E-state index is 12.0. The van der Waals surface area contributed by atoms with E-state index in [2.05, 4.69) is 13.0 Å². The van der Waals surface area contributed by atoms with Crippen LogP contribution in [0.5, 0.6) is 0 Å². The molecule has 1 spiro atoms. The van der Waals surface area contributed by atoms with E-state index in [-0.39, 0.29) is 36.2 Å². The average molecular weight is 401 g/mol. The highest BCUT2D eigenvalue weighted by atomic mass is 16.5.